The zero-order valence-corrected chi connectivity index (χ0v) is 11.9. The predicted molar refractivity (Wildman–Crippen MR) is 77.8 cm³/mol. The lowest BCUT2D eigenvalue weighted by atomic mass is 9.89. The van der Waals surface area contributed by atoms with Crippen LogP contribution in [0.15, 0.2) is 28.8 Å². The van der Waals surface area contributed by atoms with E-state index in [1.165, 1.54) is 6.42 Å². The third kappa shape index (κ3) is 2.42. The van der Waals surface area contributed by atoms with Gasteiger partial charge in [-0.2, -0.15) is 4.98 Å². The zero-order valence-electron chi connectivity index (χ0n) is 11.9. The third-order valence-electron chi connectivity index (χ3n) is 4.58. The van der Waals surface area contributed by atoms with Gasteiger partial charge in [0, 0.05) is 12.1 Å². The van der Waals surface area contributed by atoms with Gasteiger partial charge in [-0.3, -0.25) is 0 Å². The van der Waals surface area contributed by atoms with Crippen LogP contribution in [-0.2, 0) is 17.6 Å². The number of ether oxygens (including phenoxy) is 1. The molecule has 0 amide bonds. The Labute approximate surface area is 123 Å². The van der Waals surface area contributed by atoms with Crippen LogP contribution in [0.5, 0.6) is 0 Å². The van der Waals surface area contributed by atoms with Crippen LogP contribution in [0.4, 0.5) is 5.69 Å². The summed E-state index contributed by atoms with van der Waals surface area (Å²) in [5.41, 5.74) is 7.89. The number of aromatic nitrogens is 2. The number of nitrogens with two attached hydrogens (primary N) is 1. The van der Waals surface area contributed by atoms with Gasteiger partial charge in [0.2, 0.25) is 5.89 Å². The van der Waals surface area contributed by atoms with Crippen LogP contribution >= 0.6 is 0 Å². The van der Waals surface area contributed by atoms with E-state index in [0.717, 1.165) is 42.8 Å². The van der Waals surface area contributed by atoms with Crippen molar-refractivity contribution in [3.05, 3.63) is 41.5 Å². The first kappa shape index (κ1) is 12.8. The van der Waals surface area contributed by atoms with Gasteiger partial charge in [0.15, 0.2) is 5.82 Å². The molecule has 2 fully saturated rings. The molecule has 3 unspecified atom stereocenters. The van der Waals surface area contributed by atoms with E-state index >= 15 is 0 Å². The van der Waals surface area contributed by atoms with E-state index in [1.807, 2.05) is 24.3 Å². The molecule has 110 valence electrons. The zero-order chi connectivity index (χ0) is 14.2. The number of benzene rings is 1. The molecule has 2 aliphatic rings. The summed E-state index contributed by atoms with van der Waals surface area (Å²) in [6, 6.07) is 7.90. The Morgan fingerprint density at radius 2 is 2.10 bits per heavy atom. The molecule has 2 aliphatic heterocycles. The molecule has 4 rings (SSSR count). The van der Waals surface area contributed by atoms with Gasteiger partial charge in [-0.25, -0.2) is 0 Å². The quantitative estimate of drug-likeness (QED) is 0.873. The predicted octanol–water partition coefficient (Wildman–Crippen LogP) is 2.47. The number of rotatable bonds is 4. The first-order valence-electron chi connectivity index (χ1n) is 7.61. The molecule has 2 N–H and O–H groups in total. The van der Waals surface area contributed by atoms with Gasteiger partial charge in [0.05, 0.1) is 18.1 Å². The fraction of sp³-hybridized carbons (Fsp3) is 0.500. The van der Waals surface area contributed by atoms with Crippen molar-refractivity contribution in [1.82, 2.24) is 10.1 Å². The molecule has 3 heterocycles. The van der Waals surface area contributed by atoms with Crippen molar-refractivity contribution in [2.45, 2.75) is 50.2 Å². The highest BCUT2D eigenvalue weighted by Gasteiger charge is 2.43. The lowest BCUT2D eigenvalue weighted by molar-refractivity contribution is 0.0996. The second-order valence-corrected chi connectivity index (χ2v) is 5.96. The van der Waals surface area contributed by atoms with Crippen molar-refractivity contribution < 1.29 is 9.26 Å². The normalized spacial score (nSPS) is 27.3. The molecule has 5 nitrogen and oxygen atoms in total. The van der Waals surface area contributed by atoms with Crippen molar-refractivity contribution >= 4 is 5.69 Å². The smallest absolute Gasteiger partial charge is 0.226 e. The average Bonchev–Trinajstić information content (AvgIpc) is 3.22. The number of aryl methyl sites for hydroxylation is 2. The first-order valence-corrected chi connectivity index (χ1v) is 7.61. The van der Waals surface area contributed by atoms with Gasteiger partial charge in [0.1, 0.15) is 0 Å². The van der Waals surface area contributed by atoms with Crippen molar-refractivity contribution in [2.75, 3.05) is 5.73 Å². The Hall–Kier alpha value is -1.88. The monoisotopic (exact) mass is 285 g/mol. The molecule has 2 bridgehead atoms. The highest BCUT2D eigenvalue weighted by Crippen LogP contribution is 2.43. The lowest BCUT2D eigenvalue weighted by Gasteiger charge is -2.13. The van der Waals surface area contributed by atoms with Crippen LogP contribution in [0.2, 0.25) is 0 Å². The topological polar surface area (TPSA) is 74.2 Å². The van der Waals surface area contributed by atoms with E-state index in [4.69, 9.17) is 15.0 Å². The summed E-state index contributed by atoms with van der Waals surface area (Å²) in [6.07, 6.45) is 5.59. The van der Waals surface area contributed by atoms with Gasteiger partial charge in [-0.05, 0) is 37.3 Å². The third-order valence-corrected chi connectivity index (χ3v) is 4.58. The Kier molecular flexibility index (Phi) is 3.15. The molecule has 0 radical (unpaired) electrons. The number of fused-ring (bicyclic) bond motifs is 2. The van der Waals surface area contributed by atoms with Crippen LogP contribution in [0.3, 0.4) is 0 Å². The molecule has 0 spiro atoms. The molecular formula is C16H19N3O2. The van der Waals surface area contributed by atoms with Crippen LogP contribution in [0.1, 0.15) is 42.5 Å². The fourth-order valence-corrected chi connectivity index (χ4v) is 3.43. The molecule has 1 aromatic carbocycles. The maximum atomic E-state index is 5.95. The summed E-state index contributed by atoms with van der Waals surface area (Å²) in [4.78, 5) is 4.56. The van der Waals surface area contributed by atoms with E-state index in [0.29, 0.717) is 24.0 Å². The number of nitrogen functional groups attached to an aromatic ring is 1. The fourth-order valence-electron chi connectivity index (χ4n) is 3.43. The largest absolute Gasteiger partial charge is 0.399 e. The second-order valence-electron chi connectivity index (χ2n) is 5.96. The minimum absolute atomic E-state index is 0.296. The van der Waals surface area contributed by atoms with E-state index in [1.54, 1.807) is 0 Å². The Morgan fingerprint density at radius 1 is 1.19 bits per heavy atom. The SMILES string of the molecule is Nc1ccccc1CCc1nc(C2CC3CCC2O3)no1. The highest BCUT2D eigenvalue weighted by molar-refractivity contribution is 5.46. The molecule has 3 atom stereocenters. The molecule has 1 aromatic heterocycles. The number of hydrogen-bond acceptors (Lipinski definition) is 5. The van der Waals surface area contributed by atoms with Crippen molar-refractivity contribution in [3.63, 3.8) is 0 Å². The standard InChI is InChI=1S/C16H19N3O2/c17-13-4-2-1-3-10(13)5-8-15-18-16(19-21-15)12-9-11-6-7-14(12)20-11/h1-4,11-12,14H,5-9,17H2. The maximum absolute atomic E-state index is 5.95. The summed E-state index contributed by atoms with van der Waals surface area (Å²) >= 11 is 0. The van der Waals surface area contributed by atoms with Crippen LogP contribution in [-0.4, -0.2) is 22.3 Å². The molecular weight excluding hydrogens is 266 g/mol. The van der Waals surface area contributed by atoms with Gasteiger partial charge in [0.25, 0.3) is 0 Å². The number of anilines is 1. The second kappa shape index (κ2) is 5.15. The number of nitrogens with zero attached hydrogens (tertiary/aromatic N) is 2. The summed E-state index contributed by atoms with van der Waals surface area (Å²) in [7, 11) is 0. The van der Waals surface area contributed by atoms with E-state index in [2.05, 4.69) is 10.1 Å². The molecule has 0 saturated carbocycles. The molecule has 2 saturated heterocycles. The molecule has 5 heteroatoms. The highest BCUT2D eigenvalue weighted by atomic mass is 16.5. The van der Waals surface area contributed by atoms with Crippen molar-refractivity contribution in [3.8, 4) is 0 Å². The summed E-state index contributed by atoms with van der Waals surface area (Å²) < 4.78 is 11.2. The van der Waals surface area contributed by atoms with Gasteiger partial charge in [-0.15, -0.1) is 0 Å². The molecule has 21 heavy (non-hydrogen) atoms. The number of para-hydroxylation sites is 1. The maximum Gasteiger partial charge on any atom is 0.226 e. The minimum atomic E-state index is 0.296. The Morgan fingerprint density at radius 3 is 2.86 bits per heavy atom. The molecule has 0 aliphatic carbocycles. The van der Waals surface area contributed by atoms with Gasteiger partial charge >= 0.3 is 0 Å². The van der Waals surface area contributed by atoms with Crippen molar-refractivity contribution in [2.24, 2.45) is 0 Å². The van der Waals surface area contributed by atoms with Crippen LogP contribution < -0.4 is 5.73 Å². The Balaban J connectivity index is 1.42. The summed E-state index contributed by atoms with van der Waals surface area (Å²) in [5, 5.41) is 4.15. The van der Waals surface area contributed by atoms with Gasteiger partial charge < -0.3 is 15.0 Å². The molecule has 2 aromatic rings. The Bertz CT molecular complexity index is 640. The lowest BCUT2D eigenvalue weighted by Crippen LogP contribution is -2.15. The van der Waals surface area contributed by atoms with E-state index in [-0.39, 0.29) is 0 Å². The van der Waals surface area contributed by atoms with Gasteiger partial charge in [-0.1, -0.05) is 23.4 Å². The minimum Gasteiger partial charge on any atom is -0.399 e. The van der Waals surface area contributed by atoms with Crippen molar-refractivity contribution in [1.29, 1.82) is 0 Å². The van der Waals surface area contributed by atoms with E-state index in [9.17, 15) is 0 Å². The van der Waals surface area contributed by atoms with E-state index < -0.39 is 0 Å². The number of hydrogen-bond donors (Lipinski definition) is 1. The van der Waals surface area contributed by atoms with Crippen LogP contribution in [0, 0.1) is 0 Å². The van der Waals surface area contributed by atoms with Crippen LogP contribution in [0.25, 0.3) is 0 Å². The average molecular weight is 285 g/mol. The summed E-state index contributed by atoms with van der Waals surface area (Å²) in [6.45, 7) is 0. The summed E-state index contributed by atoms with van der Waals surface area (Å²) in [5.74, 6) is 1.83. The first-order chi connectivity index (χ1) is 10.3.